The number of amides is 3. The first-order chi connectivity index (χ1) is 14.5. The van der Waals surface area contributed by atoms with Crippen LogP contribution in [0.1, 0.15) is 32.1 Å². The number of halogens is 1. The quantitative estimate of drug-likeness (QED) is 0.361. The van der Waals surface area contributed by atoms with Crippen LogP contribution in [0.3, 0.4) is 0 Å². The van der Waals surface area contributed by atoms with E-state index in [0.29, 0.717) is 11.7 Å². The Morgan fingerprint density at radius 3 is 2.97 bits per heavy atom. The highest BCUT2D eigenvalue weighted by molar-refractivity contribution is 8.04. The van der Waals surface area contributed by atoms with Crippen molar-refractivity contribution in [2.75, 3.05) is 19.3 Å². The maximum atomic E-state index is 12.7. The molecule has 30 heavy (non-hydrogen) atoms. The molecule has 0 radical (unpaired) electrons. The molecule has 0 saturated carbocycles. The summed E-state index contributed by atoms with van der Waals surface area (Å²) in [5.74, 6) is -0.863. The summed E-state index contributed by atoms with van der Waals surface area (Å²) in [7, 11) is 0. The van der Waals surface area contributed by atoms with Gasteiger partial charge in [-0.1, -0.05) is 23.9 Å². The molecule has 4 N–H and O–H groups in total. The summed E-state index contributed by atoms with van der Waals surface area (Å²) in [6, 6.07) is -0.498. The van der Waals surface area contributed by atoms with E-state index in [2.05, 4.69) is 27.5 Å². The predicted octanol–water partition coefficient (Wildman–Crippen LogP) is 2.49. The van der Waals surface area contributed by atoms with E-state index < -0.39 is 17.3 Å². The topological polar surface area (TPSA) is 91.5 Å². The lowest BCUT2D eigenvalue weighted by Crippen LogP contribution is -2.50. The van der Waals surface area contributed by atoms with E-state index in [1.807, 2.05) is 17.8 Å². The van der Waals surface area contributed by atoms with Crippen LogP contribution in [0.2, 0.25) is 0 Å². The Labute approximate surface area is 190 Å². The van der Waals surface area contributed by atoms with Gasteiger partial charge in [0, 0.05) is 22.4 Å². The third-order valence-corrected chi connectivity index (χ3v) is 8.65. The molecule has 0 aromatic carbocycles. The number of ether oxygens (including phenoxy) is 1. The van der Waals surface area contributed by atoms with E-state index in [1.165, 1.54) is 10.6 Å². The van der Waals surface area contributed by atoms with Gasteiger partial charge in [-0.25, -0.2) is 4.79 Å². The van der Waals surface area contributed by atoms with Crippen molar-refractivity contribution in [1.29, 1.82) is 0 Å². The van der Waals surface area contributed by atoms with E-state index in [0.717, 1.165) is 38.8 Å². The molecule has 6 unspecified atom stereocenters. The van der Waals surface area contributed by atoms with E-state index in [-0.39, 0.29) is 23.6 Å². The van der Waals surface area contributed by atoms with Crippen LogP contribution in [0, 0.1) is 5.92 Å². The van der Waals surface area contributed by atoms with Crippen molar-refractivity contribution >= 4 is 47.1 Å². The number of allylic oxidation sites excluding steroid dienone is 3. The minimum atomic E-state index is -0.500. The smallest absolute Gasteiger partial charge is 0.323 e. The highest BCUT2D eigenvalue weighted by atomic mass is 35.5. The van der Waals surface area contributed by atoms with Crippen molar-refractivity contribution in [2.45, 2.75) is 60.4 Å². The molecule has 1 fully saturated rings. The molecule has 2 aliphatic heterocycles. The minimum absolute atomic E-state index is 0.156. The zero-order chi connectivity index (χ0) is 21.1. The average molecular weight is 473 g/mol. The van der Waals surface area contributed by atoms with Gasteiger partial charge >= 0.3 is 6.03 Å². The highest BCUT2D eigenvalue weighted by Gasteiger charge is 2.35. The molecule has 4 rings (SSSR count). The number of hydrogen-bond acceptors (Lipinski definition) is 7. The van der Waals surface area contributed by atoms with Crippen LogP contribution in [-0.2, 0) is 9.53 Å². The molecule has 6 atom stereocenters. The lowest BCUT2D eigenvalue weighted by Gasteiger charge is -2.29. The molecule has 2 heterocycles. The summed E-state index contributed by atoms with van der Waals surface area (Å²) >= 11 is 9.88. The molecular weight excluding hydrogens is 444 g/mol. The van der Waals surface area contributed by atoms with Gasteiger partial charge in [-0.3, -0.25) is 10.1 Å². The lowest BCUT2D eigenvalue weighted by atomic mass is 9.91. The number of hydrogen-bond donors (Lipinski definition) is 4. The first-order valence-corrected chi connectivity index (χ1v) is 13.1. The van der Waals surface area contributed by atoms with Crippen LogP contribution in [0.5, 0.6) is 0 Å². The third-order valence-electron chi connectivity index (χ3n) is 5.96. The molecule has 3 amide bonds. The molecule has 4 aliphatic rings. The van der Waals surface area contributed by atoms with Crippen molar-refractivity contribution in [3.63, 3.8) is 0 Å². The second-order valence-electron chi connectivity index (χ2n) is 8.07. The standard InChI is InChI=1S/C20H29ClN4O3S2/c1-29-13-3-5-16-17(9-13)30-20(23-16)25-19(27)24-18(26)14-8-11(2-4-15(14)21)28-12-6-7-22-10-12/h2,4,11-15,20,22-23H,3,5-10H2,1H3,(H2,24,25,26,27). The number of nitrogens with one attached hydrogen (secondary N) is 4. The number of alkyl halides is 1. The molecule has 0 aromatic heterocycles. The second-order valence-corrected chi connectivity index (χ2v) is 10.9. The van der Waals surface area contributed by atoms with Crippen molar-refractivity contribution in [1.82, 2.24) is 21.3 Å². The van der Waals surface area contributed by atoms with Gasteiger partial charge in [0.1, 0.15) is 0 Å². The summed E-state index contributed by atoms with van der Waals surface area (Å²) in [4.78, 5) is 26.5. The Morgan fingerprint density at radius 1 is 1.33 bits per heavy atom. The normalized spacial score (nSPS) is 35.7. The molecule has 1 saturated heterocycles. The number of thioether (sulfide) groups is 2. The van der Waals surface area contributed by atoms with Gasteiger partial charge in [0.25, 0.3) is 0 Å². The SMILES string of the molecule is CSC1CCC2=C(C1)SC(NC(=O)NC(=O)C1CC(OC3CCNC3)C=CC1Cl)N2. The maximum absolute atomic E-state index is 12.7. The first-order valence-electron chi connectivity index (χ1n) is 10.5. The van der Waals surface area contributed by atoms with Crippen LogP contribution in [0.15, 0.2) is 22.8 Å². The Balaban J connectivity index is 1.24. The zero-order valence-corrected chi connectivity index (χ0v) is 19.4. The Bertz CT molecular complexity index is 729. The molecule has 0 aromatic rings. The van der Waals surface area contributed by atoms with Crippen LogP contribution in [0.4, 0.5) is 4.79 Å². The van der Waals surface area contributed by atoms with Gasteiger partial charge in [0.15, 0.2) is 5.50 Å². The first kappa shape index (κ1) is 22.3. The molecule has 0 spiro atoms. The van der Waals surface area contributed by atoms with Crippen molar-refractivity contribution in [2.24, 2.45) is 5.92 Å². The fourth-order valence-corrected chi connectivity index (χ4v) is 6.62. The van der Waals surface area contributed by atoms with Gasteiger partial charge in [0.05, 0.1) is 23.5 Å². The molecule has 7 nitrogen and oxygen atoms in total. The second kappa shape index (κ2) is 10.2. The Morgan fingerprint density at radius 2 is 2.20 bits per heavy atom. The maximum Gasteiger partial charge on any atom is 0.323 e. The van der Waals surface area contributed by atoms with Crippen LogP contribution < -0.4 is 21.3 Å². The Kier molecular flexibility index (Phi) is 7.57. The summed E-state index contributed by atoms with van der Waals surface area (Å²) in [6.07, 6.45) is 10.5. The zero-order valence-electron chi connectivity index (χ0n) is 17.0. The van der Waals surface area contributed by atoms with Crippen LogP contribution in [0.25, 0.3) is 0 Å². The summed E-state index contributed by atoms with van der Waals surface area (Å²) in [5.41, 5.74) is 0.981. The van der Waals surface area contributed by atoms with E-state index in [9.17, 15) is 9.59 Å². The van der Waals surface area contributed by atoms with E-state index in [1.54, 1.807) is 17.8 Å². The monoisotopic (exact) mass is 472 g/mol. The summed E-state index contributed by atoms with van der Waals surface area (Å²) in [5, 5.41) is 12.2. The molecule has 10 heteroatoms. The number of carbonyl (C=O) groups excluding carboxylic acids is 2. The largest absolute Gasteiger partial charge is 0.370 e. The number of carbonyl (C=O) groups is 2. The van der Waals surface area contributed by atoms with Gasteiger partial charge < -0.3 is 20.7 Å². The third kappa shape index (κ3) is 5.48. The van der Waals surface area contributed by atoms with Crippen LogP contribution in [-0.4, -0.2) is 59.6 Å². The van der Waals surface area contributed by atoms with Gasteiger partial charge in [-0.15, -0.1) is 11.6 Å². The minimum Gasteiger partial charge on any atom is -0.370 e. The highest BCUT2D eigenvalue weighted by Crippen LogP contribution is 2.41. The van der Waals surface area contributed by atoms with E-state index >= 15 is 0 Å². The number of rotatable bonds is 5. The van der Waals surface area contributed by atoms with Crippen molar-refractivity contribution < 1.29 is 14.3 Å². The van der Waals surface area contributed by atoms with Gasteiger partial charge in [0.2, 0.25) is 5.91 Å². The summed E-state index contributed by atoms with van der Waals surface area (Å²) < 4.78 is 6.06. The fraction of sp³-hybridized carbons (Fsp3) is 0.700. The number of urea groups is 1. The lowest BCUT2D eigenvalue weighted by molar-refractivity contribution is -0.125. The van der Waals surface area contributed by atoms with Crippen molar-refractivity contribution in [3.05, 3.63) is 22.8 Å². The molecular formula is C20H29ClN4O3S2. The number of imide groups is 1. The Hall–Kier alpha value is -0.870. The summed E-state index contributed by atoms with van der Waals surface area (Å²) in [6.45, 7) is 1.78. The van der Waals surface area contributed by atoms with E-state index in [4.69, 9.17) is 16.3 Å². The van der Waals surface area contributed by atoms with Gasteiger partial charge in [-0.2, -0.15) is 11.8 Å². The average Bonchev–Trinajstić information content (AvgIpc) is 3.37. The predicted molar refractivity (Wildman–Crippen MR) is 122 cm³/mol. The fourth-order valence-electron chi connectivity index (χ4n) is 4.27. The van der Waals surface area contributed by atoms with Crippen LogP contribution >= 0.6 is 35.1 Å². The van der Waals surface area contributed by atoms with Crippen molar-refractivity contribution in [3.8, 4) is 0 Å². The molecule has 2 aliphatic carbocycles. The van der Waals surface area contributed by atoms with Gasteiger partial charge in [-0.05, 0) is 44.9 Å². The molecule has 166 valence electrons. The molecule has 0 bridgehead atoms.